The third kappa shape index (κ3) is 2.67. The molecule has 26 heavy (non-hydrogen) atoms. The lowest BCUT2D eigenvalue weighted by molar-refractivity contribution is 0.125. The van der Waals surface area contributed by atoms with Crippen molar-refractivity contribution in [3.05, 3.63) is 57.2 Å². The highest BCUT2D eigenvalue weighted by Gasteiger charge is 2.30. The zero-order valence-electron chi connectivity index (χ0n) is 13.6. The Hall–Kier alpha value is -2.39. The Kier molecular flexibility index (Phi) is 3.71. The van der Waals surface area contributed by atoms with Gasteiger partial charge in [0.2, 0.25) is 0 Å². The summed E-state index contributed by atoms with van der Waals surface area (Å²) in [6.07, 6.45) is 0.124. The number of aromatic amines is 1. The van der Waals surface area contributed by atoms with Crippen molar-refractivity contribution < 1.29 is 14.7 Å². The number of aromatic hydroxyl groups is 1. The number of aromatic nitrogens is 1. The maximum absolute atomic E-state index is 10.6. The molecule has 0 radical (unpaired) electrons. The SMILES string of the molecule is Oc1[nH]c2ccc(I)cc2c1C1=Nc2ccccc2/C1=N\OCC1CO1. The van der Waals surface area contributed by atoms with E-state index in [2.05, 4.69) is 32.7 Å². The van der Waals surface area contributed by atoms with Gasteiger partial charge in [-0.1, -0.05) is 23.4 Å². The summed E-state index contributed by atoms with van der Waals surface area (Å²) >= 11 is 2.26. The molecule has 2 aromatic carbocycles. The molecule has 1 aromatic heterocycles. The third-order valence-electron chi connectivity index (χ3n) is 4.41. The fourth-order valence-electron chi connectivity index (χ4n) is 3.08. The van der Waals surface area contributed by atoms with Gasteiger partial charge < -0.3 is 19.7 Å². The number of epoxide rings is 1. The van der Waals surface area contributed by atoms with Crippen LogP contribution in [0.1, 0.15) is 11.1 Å². The van der Waals surface area contributed by atoms with E-state index in [4.69, 9.17) is 14.6 Å². The molecule has 2 N–H and O–H groups in total. The van der Waals surface area contributed by atoms with Gasteiger partial charge in [-0.2, -0.15) is 0 Å². The summed E-state index contributed by atoms with van der Waals surface area (Å²) in [6, 6.07) is 13.7. The van der Waals surface area contributed by atoms with Crippen LogP contribution in [0.2, 0.25) is 0 Å². The van der Waals surface area contributed by atoms with Crippen molar-refractivity contribution in [2.75, 3.05) is 13.2 Å². The number of ether oxygens (including phenoxy) is 1. The van der Waals surface area contributed by atoms with Crippen molar-refractivity contribution in [3.8, 4) is 5.88 Å². The topological polar surface area (TPSA) is 82.5 Å². The number of oxime groups is 1. The van der Waals surface area contributed by atoms with Gasteiger partial charge in [-0.15, -0.1) is 0 Å². The highest BCUT2D eigenvalue weighted by atomic mass is 127. The van der Waals surface area contributed by atoms with Crippen LogP contribution < -0.4 is 0 Å². The number of hydrogen-bond donors (Lipinski definition) is 2. The molecule has 0 aliphatic carbocycles. The van der Waals surface area contributed by atoms with Crippen LogP contribution in [0, 0.1) is 3.57 Å². The van der Waals surface area contributed by atoms with Gasteiger partial charge in [-0.05, 0) is 46.9 Å². The highest BCUT2D eigenvalue weighted by Crippen LogP contribution is 2.36. The lowest BCUT2D eigenvalue weighted by Crippen LogP contribution is -2.14. The first-order valence-electron chi connectivity index (χ1n) is 8.21. The Morgan fingerprint density at radius 3 is 3.00 bits per heavy atom. The minimum Gasteiger partial charge on any atom is -0.494 e. The molecule has 2 aliphatic rings. The molecular weight excluding hydrogens is 445 g/mol. The number of fused-ring (bicyclic) bond motifs is 2. The average molecular weight is 459 g/mol. The Bertz CT molecular complexity index is 1080. The molecule has 1 fully saturated rings. The number of H-pyrrole nitrogens is 1. The minimum absolute atomic E-state index is 0.0757. The first-order valence-corrected chi connectivity index (χ1v) is 9.29. The van der Waals surface area contributed by atoms with Crippen LogP contribution in [0.3, 0.4) is 0 Å². The molecule has 0 spiro atoms. The smallest absolute Gasteiger partial charge is 0.199 e. The van der Waals surface area contributed by atoms with Crippen molar-refractivity contribution in [2.45, 2.75) is 6.10 Å². The second-order valence-corrected chi connectivity index (χ2v) is 7.45. The monoisotopic (exact) mass is 459 g/mol. The summed E-state index contributed by atoms with van der Waals surface area (Å²) in [4.78, 5) is 13.2. The molecule has 0 amide bonds. The number of nitrogens with zero attached hydrogens (tertiary/aromatic N) is 2. The number of hydrogen-bond acceptors (Lipinski definition) is 5. The molecule has 3 aromatic rings. The highest BCUT2D eigenvalue weighted by molar-refractivity contribution is 14.1. The van der Waals surface area contributed by atoms with E-state index in [0.717, 1.165) is 25.7 Å². The van der Waals surface area contributed by atoms with E-state index in [1.165, 1.54) is 0 Å². The maximum Gasteiger partial charge on any atom is 0.199 e. The van der Waals surface area contributed by atoms with E-state index in [1.54, 1.807) is 0 Å². The fraction of sp³-hybridized carbons (Fsp3) is 0.158. The van der Waals surface area contributed by atoms with E-state index >= 15 is 0 Å². The molecule has 7 heteroatoms. The molecule has 130 valence electrons. The molecule has 3 heterocycles. The summed E-state index contributed by atoms with van der Waals surface area (Å²) < 4.78 is 6.24. The summed E-state index contributed by atoms with van der Waals surface area (Å²) in [5.74, 6) is 0.0757. The van der Waals surface area contributed by atoms with Gasteiger partial charge in [0, 0.05) is 20.0 Å². The van der Waals surface area contributed by atoms with E-state index in [9.17, 15) is 5.11 Å². The lowest BCUT2D eigenvalue weighted by Gasteiger charge is -2.05. The molecule has 5 rings (SSSR count). The summed E-state index contributed by atoms with van der Waals surface area (Å²) in [7, 11) is 0. The summed E-state index contributed by atoms with van der Waals surface area (Å²) in [6.45, 7) is 1.13. The van der Waals surface area contributed by atoms with Crippen molar-refractivity contribution in [1.29, 1.82) is 0 Å². The second kappa shape index (κ2) is 6.10. The molecule has 0 saturated carbocycles. The van der Waals surface area contributed by atoms with Crippen LogP contribution in [-0.4, -0.2) is 40.8 Å². The lowest BCUT2D eigenvalue weighted by atomic mass is 10.0. The first-order chi connectivity index (χ1) is 12.7. The normalized spacial score (nSPS) is 19.7. The zero-order valence-corrected chi connectivity index (χ0v) is 15.7. The van der Waals surface area contributed by atoms with Gasteiger partial charge in [-0.25, -0.2) is 4.99 Å². The summed E-state index contributed by atoms with van der Waals surface area (Å²) in [5.41, 5.74) is 4.42. The third-order valence-corrected chi connectivity index (χ3v) is 5.08. The number of aliphatic imine (C=N–C) groups is 1. The van der Waals surface area contributed by atoms with E-state index in [-0.39, 0.29) is 12.0 Å². The quantitative estimate of drug-likeness (QED) is 0.355. The predicted octanol–water partition coefficient (Wildman–Crippen LogP) is 3.73. The predicted molar refractivity (Wildman–Crippen MR) is 108 cm³/mol. The Labute approximate surface area is 162 Å². The maximum atomic E-state index is 10.6. The number of benzene rings is 2. The van der Waals surface area contributed by atoms with Crippen molar-refractivity contribution >= 4 is 50.6 Å². The molecule has 0 bridgehead atoms. The molecule has 1 unspecified atom stereocenters. The first kappa shape index (κ1) is 15.8. The van der Waals surface area contributed by atoms with Crippen LogP contribution in [-0.2, 0) is 9.57 Å². The second-order valence-electron chi connectivity index (χ2n) is 6.21. The molecule has 1 saturated heterocycles. The number of nitrogens with one attached hydrogen (secondary N) is 1. The Morgan fingerprint density at radius 2 is 2.15 bits per heavy atom. The zero-order chi connectivity index (χ0) is 17.7. The van der Waals surface area contributed by atoms with Gasteiger partial charge >= 0.3 is 0 Å². The number of rotatable bonds is 4. The Morgan fingerprint density at radius 1 is 1.31 bits per heavy atom. The van der Waals surface area contributed by atoms with Gasteiger partial charge in [-0.3, -0.25) is 0 Å². The fourth-order valence-corrected chi connectivity index (χ4v) is 3.57. The van der Waals surface area contributed by atoms with E-state index in [0.29, 0.717) is 30.2 Å². The standard InChI is InChI=1S/C19H14IN3O3/c20-10-5-6-15-13(7-10)16(19(24)22-15)18-17(23-26-9-11-8-25-11)12-3-1-2-4-14(12)21-18/h1-7,11,22,24H,8-9H2/b23-17+. The van der Waals surface area contributed by atoms with Crippen molar-refractivity contribution in [3.63, 3.8) is 0 Å². The van der Waals surface area contributed by atoms with Gasteiger partial charge in [0.25, 0.3) is 0 Å². The van der Waals surface area contributed by atoms with Crippen molar-refractivity contribution in [1.82, 2.24) is 4.98 Å². The summed E-state index contributed by atoms with van der Waals surface area (Å²) in [5, 5.41) is 15.8. The number of halogens is 1. The van der Waals surface area contributed by atoms with Crippen LogP contribution in [0.15, 0.2) is 52.6 Å². The Balaban J connectivity index is 1.65. The molecule has 1 atom stereocenters. The minimum atomic E-state index is 0.0757. The number of para-hydroxylation sites is 1. The van der Waals surface area contributed by atoms with E-state index < -0.39 is 0 Å². The van der Waals surface area contributed by atoms with Gasteiger partial charge in [0.1, 0.15) is 24.1 Å². The molecular formula is C19H14IN3O3. The molecule has 2 aliphatic heterocycles. The van der Waals surface area contributed by atoms with Crippen LogP contribution in [0.4, 0.5) is 5.69 Å². The van der Waals surface area contributed by atoms with Gasteiger partial charge in [0.15, 0.2) is 5.88 Å². The largest absolute Gasteiger partial charge is 0.494 e. The van der Waals surface area contributed by atoms with Gasteiger partial charge in [0.05, 0.1) is 17.9 Å². The van der Waals surface area contributed by atoms with Crippen LogP contribution in [0.25, 0.3) is 10.9 Å². The van der Waals surface area contributed by atoms with Crippen LogP contribution in [0.5, 0.6) is 5.88 Å². The van der Waals surface area contributed by atoms with Crippen molar-refractivity contribution in [2.24, 2.45) is 10.1 Å². The van der Waals surface area contributed by atoms with E-state index in [1.807, 2.05) is 42.5 Å². The van der Waals surface area contributed by atoms with Crippen LogP contribution >= 0.6 is 22.6 Å². The average Bonchev–Trinajstić information content (AvgIpc) is 3.31. The molecule has 6 nitrogen and oxygen atoms in total.